The van der Waals surface area contributed by atoms with E-state index in [9.17, 15) is 0 Å². The molecule has 0 saturated heterocycles. The van der Waals surface area contributed by atoms with Crippen LogP contribution in [-0.2, 0) is 0 Å². The summed E-state index contributed by atoms with van der Waals surface area (Å²) in [5.74, 6) is 0. The molecule has 7 heteroatoms. The van der Waals surface area contributed by atoms with Crippen molar-refractivity contribution < 1.29 is 21.5 Å². The third-order valence-electron chi connectivity index (χ3n) is 4.14. The van der Waals surface area contributed by atoms with Gasteiger partial charge in [0.25, 0.3) is 0 Å². The summed E-state index contributed by atoms with van der Waals surface area (Å²) in [6.07, 6.45) is 0. The summed E-state index contributed by atoms with van der Waals surface area (Å²) in [6.45, 7) is 4.16. The Kier molecular flexibility index (Phi) is 5.77. The zero-order valence-corrected chi connectivity index (χ0v) is 18.2. The lowest BCUT2D eigenvalue weighted by Gasteiger charge is -2.18. The van der Waals surface area contributed by atoms with Crippen molar-refractivity contribution in [2.45, 2.75) is 23.9 Å². The van der Waals surface area contributed by atoms with Crippen LogP contribution >= 0.6 is 36.0 Å². The number of H-pyrrole nitrogens is 1. The molecule has 0 amide bonds. The number of anilines is 1. The maximum Gasteiger partial charge on any atom is 0.318 e. The molecule has 0 spiro atoms. The number of aromatic nitrogens is 2. The molecule has 4 rings (SSSR count). The maximum atomic E-state index is 6.04. The molecule has 0 fully saturated rings. The molecular formula is C19H17BrClN3S2. The molecule has 0 unspecified atom stereocenters. The van der Waals surface area contributed by atoms with E-state index in [1.165, 1.54) is 10.5 Å². The smallest absolute Gasteiger partial charge is 0.318 e. The topological polar surface area (TPSA) is 31.7 Å². The van der Waals surface area contributed by atoms with Gasteiger partial charge in [-0.1, -0.05) is 42.1 Å². The zero-order valence-electron chi connectivity index (χ0n) is 14.2. The van der Waals surface area contributed by atoms with Crippen LogP contribution in [0.25, 0.3) is 11.4 Å². The lowest BCUT2D eigenvalue weighted by Crippen LogP contribution is -3.00. The Labute approximate surface area is 178 Å². The number of aryl methyl sites for hydroxylation is 2. The predicted octanol–water partition coefficient (Wildman–Crippen LogP) is 2.37. The first kappa shape index (κ1) is 19.4. The molecule has 1 aliphatic rings. The van der Waals surface area contributed by atoms with Crippen LogP contribution in [0, 0.1) is 13.8 Å². The van der Waals surface area contributed by atoms with Crippen LogP contribution in [0.15, 0.2) is 57.9 Å². The van der Waals surface area contributed by atoms with Gasteiger partial charge in [-0.15, -0.1) is 0 Å². The number of fused-ring (bicyclic) bond motifs is 1. The van der Waals surface area contributed by atoms with Gasteiger partial charge in [0.05, 0.1) is 11.4 Å². The number of thiol groups is 1. The monoisotopic (exact) mass is 465 g/mol. The van der Waals surface area contributed by atoms with Gasteiger partial charge in [0.1, 0.15) is 11.4 Å². The van der Waals surface area contributed by atoms with Crippen LogP contribution < -0.4 is 26.9 Å². The van der Waals surface area contributed by atoms with Crippen LogP contribution in [0.2, 0.25) is 5.02 Å². The summed E-state index contributed by atoms with van der Waals surface area (Å²) < 4.78 is 2.09. The Morgan fingerprint density at radius 3 is 2.54 bits per heavy atom. The molecule has 134 valence electrons. The van der Waals surface area contributed by atoms with Crippen molar-refractivity contribution in [2.24, 2.45) is 0 Å². The second-order valence-corrected chi connectivity index (χ2v) is 7.78. The van der Waals surface area contributed by atoms with Crippen molar-refractivity contribution in [1.82, 2.24) is 4.98 Å². The highest BCUT2D eigenvalue weighted by molar-refractivity contribution is 8.02. The summed E-state index contributed by atoms with van der Waals surface area (Å²) in [6, 6.07) is 14.2. The minimum absolute atomic E-state index is 0. The Hall–Kier alpha value is -1.34. The average Bonchev–Trinajstić information content (AvgIpc) is 2.89. The van der Waals surface area contributed by atoms with Crippen molar-refractivity contribution in [2.75, 3.05) is 5.32 Å². The van der Waals surface area contributed by atoms with Gasteiger partial charge in [-0.25, -0.2) is 4.98 Å². The average molecular weight is 467 g/mol. The minimum Gasteiger partial charge on any atom is -1.00 e. The first-order chi connectivity index (χ1) is 12.0. The molecule has 2 heterocycles. The van der Waals surface area contributed by atoms with E-state index in [1.54, 1.807) is 11.8 Å². The minimum atomic E-state index is 0. The highest BCUT2D eigenvalue weighted by atomic mass is 79.9. The fourth-order valence-electron chi connectivity index (χ4n) is 2.96. The fraction of sp³-hybridized carbons (Fsp3) is 0.105. The van der Waals surface area contributed by atoms with Crippen molar-refractivity contribution in [1.29, 1.82) is 0 Å². The van der Waals surface area contributed by atoms with Crippen molar-refractivity contribution in [3.63, 3.8) is 0 Å². The number of nitrogens with one attached hydrogen (secondary N) is 2. The Morgan fingerprint density at radius 1 is 1.08 bits per heavy atom. The van der Waals surface area contributed by atoms with E-state index < -0.39 is 0 Å². The molecule has 26 heavy (non-hydrogen) atoms. The van der Waals surface area contributed by atoms with Gasteiger partial charge in [0.2, 0.25) is 0 Å². The number of aromatic amines is 1. The largest absolute Gasteiger partial charge is 1.00 e. The molecule has 2 aromatic carbocycles. The first-order valence-corrected chi connectivity index (χ1v) is 9.58. The molecule has 0 atom stereocenters. The highest BCUT2D eigenvalue weighted by Crippen LogP contribution is 2.38. The first-order valence-electron chi connectivity index (χ1n) is 7.87. The van der Waals surface area contributed by atoms with Crippen LogP contribution in [0.3, 0.4) is 0 Å². The van der Waals surface area contributed by atoms with Gasteiger partial charge >= 0.3 is 5.16 Å². The van der Waals surface area contributed by atoms with Crippen LogP contribution in [-0.4, -0.2) is 4.98 Å². The number of halogens is 2. The molecular weight excluding hydrogens is 450 g/mol. The molecule has 0 radical (unpaired) electrons. The van der Waals surface area contributed by atoms with Crippen molar-refractivity contribution in [3.8, 4) is 5.69 Å². The summed E-state index contributed by atoms with van der Waals surface area (Å²) in [7, 11) is 0. The van der Waals surface area contributed by atoms with Gasteiger partial charge in [-0.05, 0) is 48.9 Å². The Balaban J connectivity index is 0.00000196. The van der Waals surface area contributed by atoms with E-state index >= 15 is 0 Å². The van der Waals surface area contributed by atoms with Gasteiger partial charge in [-0.2, -0.15) is 4.57 Å². The number of benzene rings is 2. The third-order valence-corrected chi connectivity index (χ3v) is 5.65. The molecule has 0 saturated carbocycles. The third kappa shape index (κ3) is 3.56. The Morgan fingerprint density at radius 2 is 1.81 bits per heavy atom. The second-order valence-electron chi connectivity index (χ2n) is 6.01. The highest BCUT2D eigenvalue weighted by Gasteiger charge is 2.27. The zero-order chi connectivity index (χ0) is 17.6. The van der Waals surface area contributed by atoms with E-state index in [-0.39, 0.29) is 17.0 Å². The fourth-order valence-corrected chi connectivity index (χ4v) is 4.39. The van der Waals surface area contributed by atoms with Crippen LogP contribution in [0.1, 0.15) is 17.0 Å². The molecule has 3 nitrogen and oxygen atoms in total. The Bertz CT molecular complexity index is 997. The van der Waals surface area contributed by atoms with Gasteiger partial charge < -0.3 is 22.3 Å². The van der Waals surface area contributed by atoms with Gasteiger partial charge in [-0.3, -0.25) is 0 Å². The molecule has 0 aliphatic carbocycles. The SMILES string of the molecule is Cc1ccc2c(c1)SC=C(c1c(C)[nH]c(S)[n+]1-c1ccc(Cl)cc1)N2.[Br-]. The predicted molar refractivity (Wildman–Crippen MR) is 108 cm³/mol. The number of hydrogen-bond acceptors (Lipinski definition) is 3. The number of thioether (sulfide) groups is 1. The molecule has 0 bridgehead atoms. The van der Waals surface area contributed by atoms with E-state index in [4.69, 9.17) is 11.6 Å². The molecule has 1 aliphatic heterocycles. The summed E-state index contributed by atoms with van der Waals surface area (Å²) in [5.41, 5.74) is 6.55. The van der Waals surface area contributed by atoms with E-state index in [2.05, 4.69) is 65.0 Å². The molecule has 1 aromatic heterocycles. The van der Waals surface area contributed by atoms with Gasteiger partial charge in [0.15, 0.2) is 5.69 Å². The normalized spacial score (nSPS) is 12.7. The van der Waals surface area contributed by atoms with Crippen LogP contribution in [0.5, 0.6) is 0 Å². The van der Waals surface area contributed by atoms with Crippen LogP contribution in [0.4, 0.5) is 5.69 Å². The van der Waals surface area contributed by atoms with E-state index in [0.717, 1.165) is 33.6 Å². The number of nitrogens with zero attached hydrogens (tertiary/aromatic N) is 1. The van der Waals surface area contributed by atoms with E-state index in [1.807, 2.05) is 24.3 Å². The van der Waals surface area contributed by atoms with Crippen molar-refractivity contribution >= 4 is 47.4 Å². The molecule has 3 aromatic rings. The lowest BCUT2D eigenvalue weighted by molar-refractivity contribution is -0.637. The number of rotatable bonds is 2. The summed E-state index contributed by atoms with van der Waals surface area (Å²) >= 11 is 12.4. The van der Waals surface area contributed by atoms with E-state index in [0.29, 0.717) is 5.02 Å². The lowest BCUT2D eigenvalue weighted by atomic mass is 10.2. The number of hydrogen-bond donors (Lipinski definition) is 3. The summed E-state index contributed by atoms with van der Waals surface area (Å²) in [5, 5.41) is 7.20. The van der Waals surface area contributed by atoms with Crippen molar-refractivity contribution in [3.05, 3.63) is 69.8 Å². The maximum absolute atomic E-state index is 6.04. The quantitative estimate of drug-likeness (QED) is 0.400. The molecule has 2 N–H and O–H groups in total. The second kappa shape index (κ2) is 7.72. The standard InChI is InChI=1S/C19H16ClN3S2.BrH/c1-11-3-8-15-17(9-11)25-10-16(22-15)18-12(2)21-19(24)23(18)14-6-4-13(20)5-7-14;/h3-10,22H,1-2H3,(H,21,24);1H. The number of imidazole rings is 1. The summed E-state index contributed by atoms with van der Waals surface area (Å²) in [4.78, 5) is 4.56. The van der Waals surface area contributed by atoms with Gasteiger partial charge in [0, 0.05) is 22.2 Å².